The Hall–Kier alpha value is -1.58. The molecule has 0 spiro atoms. The Morgan fingerprint density at radius 3 is 2.88 bits per heavy atom. The van der Waals surface area contributed by atoms with Gasteiger partial charge in [-0.25, -0.2) is 0 Å². The van der Waals surface area contributed by atoms with E-state index in [1.165, 1.54) is 6.07 Å². The van der Waals surface area contributed by atoms with Crippen molar-refractivity contribution in [2.75, 3.05) is 0 Å². The van der Waals surface area contributed by atoms with Gasteiger partial charge in [0.1, 0.15) is 0 Å². The van der Waals surface area contributed by atoms with Gasteiger partial charge in [-0.05, 0) is 31.2 Å². The number of carboxylic acids is 1. The van der Waals surface area contributed by atoms with Gasteiger partial charge < -0.3 is 9.67 Å². The number of carbonyl (C=O) groups is 1. The highest BCUT2D eigenvalue weighted by Gasteiger charge is 2.29. The van der Waals surface area contributed by atoms with E-state index in [2.05, 4.69) is 0 Å². The maximum atomic E-state index is 11.5. The Bertz CT molecular complexity index is 438. The molecule has 4 heteroatoms. The number of rotatable bonds is 3. The molecule has 1 saturated carbocycles. The average molecular weight is 221 g/mol. The molecule has 1 aliphatic rings. The van der Waals surface area contributed by atoms with E-state index < -0.39 is 5.97 Å². The smallest absolute Gasteiger partial charge is 0.306 e. The summed E-state index contributed by atoms with van der Waals surface area (Å²) in [5, 5.41) is 8.88. The molecule has 2 rings (SSSR count). The van der Waals surface area contributed by atoms with Gasteiger partial charge >= 0.3 is 5.97 Å². The van der Waals surface area contributed by atoms with Crippen LogP contribution < -0.4 is 5.56 Å². The summed E-state index contributed by atoms with van der Waals surface area (Å²) < 4.78 is 1.66. The molecule has 1 aromatic heterocycles. The van der Waals surface area contributed by atoms with Crippen LogP contribution in [0.3, 0.4) is 0 Å². The number of hydrogen-bond donors (Lipinski definition) is 1. The van der Waals surface area contributed by atoms with Crippen molar-refractivity contribution in [3.63, 3.8) is 0 Å². The molecule has 1 aliphatic carbocycles. The van der Waals surface area contributed by atoms with Crippen LogP contribution >= 0.6 is 0 Å². The number of nitrogens with zero attached hydrogens (tertiary/aromatic N) is 1. The predicted octanol–water partition coefficient (Wildman–Crippen LogP) is 1.35. The Balaban J connectivity index is 2.00. The minimum atomic E-state index is -0.706. The number of pyridine rings is 1. The van der Waals surface area contributed by atoms with Gasteiger partial charge in [-0.15, -0.1) is 0 Å². The Morgan fingerprint density at radius 1 is 1.44 bits per heavy atom. The van der Waals surface area contributed by atoms with E-state index in [0.29, 0.717) is 18.9 Å². The quantitative estimate of drug-likeness (QED) is 0.838. The van der Waals surface area contributed by atoms with Crippen molar-refractivity contribution in [2.45, 2.75) is 25.8 Å². The van der Waals surface area contributed by atoms with Gasteiger partial charge in [-0.3, -0.25) is 9.59 Å². The number of hydrogen-bond acceptors (Lipinski definition) is 2. The van der Waals surface area contributed by atoms with Crippen LogP contribution in [-0.2, 0) is 11.3 Å². The zero-order valence-electron chi connectivity index (χ0n) is 9.00. The first-order chi connectivity index (χ1) is 7.66. The van der Waals surface area contributed by atoms with E-state index in [9.17, 15) is 9.59 Å². The first-order valence-electron chi connectivity index (χ1n) is 5.55. The van der Waals surface area contributed by atoms with E-state index in [1.54, 1.807) is 16.8 Å². The van der Waals surface area contributed by atoms with Gasteiger partial charge in [0.15, 0.2) is 0 Å². The SMILES string of the molecule is O=C(O)C1CCC(Cn2ccccc2=O)C1. The second-order valence-corrected chi connectivity index (χ2v) is 4.41. The van der Waals surface area contributed by atoms with Crippen LogP contribution in [0.25, 0.3) is 0 Å². The molecule has 4 nitrogen and oxygen atoms in total. The van der Waals surface area contributed by atoms with Crippen LogP contribution in [0.1, 0.15) is 19.3 Å². The number of aromatic nitrogens is 1. The fraction of sp³-hybridized carbons (Fsp3) is 0.500. The fourth-order valence-corrected chi connectivity index (χ4v) is 2.35. The summed E-state index contributed by atoms with van der Waals surface area (Å²) in [5.41, 5.74) is -0.0127. The Morgan fingerprint density at radius 2 is 2.25 bits per heavy atom. The molecule has 16 heavy (non-hydrogen) atoms. The first-order valence-corrected chi connectivity index (χ1v) is 5.55. The lowest BCUT2D eigenvalue weighted by molar-refractivity contribution is -0.141. The second kappa shape index (κ2) is 4.51. The van der Waals surface area contributed by atoms with Crippen LogP contribution in [0.2, 0.25) is 0 Å². The largest absolute Gasteiger partial charge is 0.481 e. The van der Waals surface area contributed by atoms with Crippen LogP contribution in [0, 0.1) is 11.8 Å². The fourth-order valence-electron chi connectivity index (χ4n) is 2.35. The van der Waals surface area contributed by atoms with Crippen molar-refractivity contribution in [1.29, 1.82) is 0 Å². The summed E-state index contributed by atoms with van der Waals surface area (Å²) in [7, 11) is 0. The maximum Gasteiger partial charge on any atom is 0.306 e. The lowest BCUT2D eigenvalue weighted by atomic mass is 10.1. The van der Waals surface area contributed by atoms with Gasteiger partial charge in [-0.1, -0.05) is 6.07 Å². The first kappa shape index (κ1) is 10.9. The van der Waals surface area contributed by atoms with E-state index >= 15 is 0 Å². The third-order valence-electron chi connectivity index (χ3n) is 3.24. The Kier molecular flexibility index (Phi) is 3.08. The predicted molar refractivity (Wildman–Crippen MR) is 59.2 cm³/mol. The van der Waals surface area contributed by atoms with Crippen molar-refractivity contribution >= 4 is 5.97 Å². The van der Waals surface area contributed by atoms with E-state index in [-0.39, 0.29) is 11.5 Å². The molecule has 0 bridgehead atoms. The second-order valence-electron chi connectivity index (χ2n) is 4.41. The monoisotopic (exact) mass is 221 g/mol. The van der Waals surface area contributed by atoms with Crippen molar-refractivity contribution < 1.29 is 9.90 Å². The highest BCUT2D eigenvalue weighted by atomic mass is 16.4. The lowest BCUT2D eigenvalue weighted by Gasteiger charge is -2.11. The van der Waals surface area contributed by atoms with Crippen molar-refractivity contribution in [3.8, 4) is 0 Å². The van der Waals surface area contributed by atoms with Crippen LogP contribution in [0.4, 0.5) is 0 Å². The Labute approximate surface area is 93.5 Å². The molecule has 2 atom stereocenters. The van der Waals surface area contributed by atoms with Crippen molar-refractivity contribution in [1.82, 2.24) is 4.57 Å². The molecule has 0 radical (unpaired) electrons. The topological polar surface area (TPSA) is 59.3 Å². The number of aliphatic carboxylic acids is 1. The molecule has 0 saturated heterocycles. The molecular weight excluding hydrogens is 206 g/mol. The minimum Gasteiger partial charge on any atom is -0.481 e. The van der Waals surface area contributed by atoms with Gasteiger partial charge in [0.25, 0.3) is 5.56 Å². The van der Waals surface area contributed by atoms with E-state index in [0.717, 1.165) is 12.8 Å². The van der Waals surface area contributed by atoms with Gasteiger partial charge in [-0.2, -0.15) is 0 Å². The number of carboxylic acid groups (broad SMARTS) is 1. The van der Waals surface area contributed by atoms with Crippen molar-refractivity contribution in [3.05, 3.63) is 34.7 Å². The molecule has 1 fully saturated rings. The summed E-state index contributed by atoms with van der Waals surface area (Å²) in [6, 6.07) is 5.07. The molecule has 1 heterocycles. The van der Waals surface area contributed by atoms with E-state index in [4.69, 9.17) is 5.11 Å². The highest BCUT2D eigenvalue weighted by molar-refractivity contribution is 5.70. The average Bonchev–Trinajstić information content (AvgIpc) is 2.70. The molecule has 0 amide bonds. The third kappa shape index (κ3) is 2.32. The molecule has 2 unspecified atom stereocenters. The normalized spacial score (nSPS) is 24.5. The molecule has 0 aliphatic heterocycles. The minimum absolute atomic E-state index is 0.0127. The van der Waals surface area contributed by atoms with Gasteiger partial charge in [0, 0.05) is 18.8 Å². The maximum absolute atomic E-state index is 11.5. The molecule has 1 aromatic rings. The summed E-state index contributed by atoms with van der Waals surface area (Å²) in [4.78, 5) is 22.3. The zero-order chi connectivity index (χ0) is 11.5. The molecule has 1 N–H and O–H groups in total. The summed E-state index contributed by atoms with van der Waals surface area (Å²) in [6.07, 6.45) is 4.09. The van der Waals surface area contributed by atoms with Crippen LogP contribution in [0.15, 0.2) is 29.2 Å². The highest BCUT2D eigenvalue weighted by Crippen LogP contribution is 2.31. The lowest BCUT2D eigenvalue weighted by Crippen LogP contribution is -2.21. The van der Waals surface area contributed by atoms with Gasteiger partial charge in [0.05, 0.1) is 5.92 Å². The molecule has 0 aromatic carbocycles. The molecular formula is C12H15NO3. The zero-order valence-corrected chi connectivity index (χ0v) is 9.00. The summed E-state index contributed by atoms with van der Waals surface area (Å²) >= 11 is 0. The van der Waals surface area contributed by atoms with Crippen LogP contribution in [-0.4, -0.2) is 15.6 Å². The van der Waals surface area contributed by atoms with E-state index in [1.807, 2.05) is 6.07 Å². The molecule has 86 valence electrons. The summed E-state index contributed by atoms with van der Waals surface area (Å²) in [5.74, 6) is -0.603. The van der Waals surface area contributed by atoms with Gasteiger partial charge in [0.2, 0.25) is 0 Å². The van der Waals surface area contributed by atoms with Crippen LogP contribution in [0.5, 0.6) is 0 Å². The third-order valence-corrected chi connectivity index (χ3v) is 3.24. The summed E-state index contributed by atoms with van der Waals surface area (Å²) in [6.45, 7) is 0.642. The van der Waals surface area contributed by atoms with Crippen molar-refractivity contribution in [2.24, 2.45) is 11.8 Å². The standard InChI is InChI=1S/C12H15NO3/c14-11-3-1-2-6-13(11)8-9-4-5-10(7-9)12(15)16/h1-3,6,9-10H,4-5,7-8H2,(H,15,16).